The summed E-state index contributed by atoms with van der Waals surface area (Å²) >= 11 is 0. The third-order valence-corrected chi connectivity index (χ3v) is 5.48. The molecule has 0 aliphatic carbocycles. The minimum Gasteiger partial charge on any atom is -0.493 e. The van der Waals surface area contributed by atoms with Gasteiger partial charge in [0.25, 0.3) is 0 Å². The van der Waals surface area contributed by atoms with Crippen LogP contribution >= 0.6 is 0 Å². The summed E-state index contributed by atoms with van der Waals surface area (Å²) in [7, 11) is 1.42. The Hall–Kier alpha value is -3.53. The summed E-state index contributed by atoms with van der Waals surface area (Å²) in [6.07, 6.45) is 3.79. The number of methoxy groups -OCH3 is 1. The molecule has 1 aromatic heterocycles. The van der Waals surface area contributed by atoms with Gasteiger partial charge in [0, 0.05) is 30.1 Å². The van der Waals surface area contributed by atoms with Crippen molar-refractivity contribution >= 4 is 16.9 Å². The zero-order valence-electron chi connectivity index (χ0n) is 18.0. The maximum absolute atomic E-state index is 11.6. The number of benzene rings is 3. The highest BCUT2D eigenvalue weighted by Crippen LogP contribution is 2.33. The van der Waals surface area contributed by atoms with Gasteiger partial charge < -0.3 is 14.5 Å². The highest BCUT2D eigenvalue weighted by Gasteiger charge is 2.11. The monoisotopic (exact) mass is 413 g/mol. The van der Waals surface area contributed by atoms with Gasteiger partial charge in [0.15, 0.2) is 0 Å². The van der Waals surface area contributed by atoms with E-state index in [9.17, 15) is 4.79 Å². The third kappa shape index (κ3) is 5.15. The van der Waals surface area contributed by atoms with Crippen LogP contribution in [0.2, 0.25) is 0 Å². The van der Waals surface area contributed by atoms with E-state index >= 15 is 0 Å². The van der Waals surface area contributed by atoms with E-state index in [-0.39, 0.29) is 5.97 Å². The van der Waals surface area contributed by atoms with Crippen LogP contribution in [0.1, 0.15) is 23.1 Å². The fourth-order valence-electron chi connectivity index (χ4n) is 3.80. The molecule has 0 bridgehead atoms. The number of fused-ring (bicyclic) bond motifs is 1. The van der Waals surface area contributed by atoms with Crippen LogP contribution < -0.4 is 4.74 Å². The predicted molar refractivity (Wildman–Crippen MR) is 124 cm³/mol. The molecule has 1 N–H and O–H groups in total. The maximum Gasteiger partial charge on any atom is 0.305 e. The Morgan fingerprint density at radius 2 is 1.81 bits per heavy atom. The Morgan fingerprint density at radius 3 is 2.65 bits per heavy atom. The van der Waals surface area contributed by atoms with Gasteiger partial charge in [-0.15, -0.1) is 0 Å². The number of rotatable bonds is 8. The van der Waals surface area contributed by atoms with Crippen LogP contribution in [0.5, 0.6) is 5.75 Å². The first kappa shape index (κ1) is 20.7. The molecule has 4 rings (SSSR count). The zero-order chi connectivity index (χ0) is 21.6. The number of nitrogens with one attached hydrogen (secondary N) is 1. The van der Waals surface area contributed by atoms with Crippen molar-refractivity contribution in [2.24, 2.45) is 0 Å². The summed E-state index contributed by atoms with van der Waals surface area (Å²) in [5, 5.41) is 1.16. The van der Waals surface area contributed by atoms with E-state index in [0.29, 0.717) is 19.4 Å². The molecule has 1 heterocycles. The van der Waals surface area contributed by atoms with Gasteiger partial charge in [-0.3, -0.25) is 4.79 Å². The van der Waals surface area contributed by atoms with Gasteiger partial charge in [-0.2, -0.15) is 0 Å². The number of aromatic nitrogens is 1. The van der Waals surface area contributed by atoms with Crippen molar-refractivity contribution in [3.05, 3.63) is 89.6 Å². The van der Waals surface area contributed by atoms with Gasteiger partial charge in [0.1, 0.15) is 5.75 Å². The first-order chi connectivity index (χ1) is 15.1. The molecule has 0 spiro atoms. The van der Waals surface area contributed by atoms with E-state index in [1.165, 1.54) is 18.2 Å². The average molecular weight is 414 g/mol. The summed E-state index contributed by atoms with van der Waals surface area (Å²) in [6.45, 7) is 2.71. The van der Waals surface area contributed by atoms with E-state index in [0.717, 1.165) is 39.8 Å². The van der Waals surface area contributed by atoms with Crippen molar-refractivity contribution in [2.45, 2.75) is 26.2 Å². The van der Waals surface area contributed by atoms with Crippen molar-refractivity contribution in [2.75, 3.05) is 13.7 Å². The number of esters is 1. The fraction of sp³-hybridized carbons (Fsp3) is 0.222. The highest BCUT2D eigenvalue weighted by molar-refractivity contribution is 5.86. The molecule has 4 aromatic rings. The van der Waals surface area contributed by atoms with Crippen LogP contribution in [0, 0.1) is 6.92 Å². The van der Waals surface area contributed by atoms with Crippen LogP contribution in [-0.4, -0.2) is 24.7 Å². The lowest BCUT2D eigenvalue weighted by molar-refractivity contribution is -0.140. The molecule has 158 valence electrons. The third-order valence-electron chi connectivity index (χ3n) is 5.48. The predicted octanol–water partition coefficient (Wildman–Crippen LogP) is 5.87. The summed E-state index contributed by atoms with van der Waals surface area (Å²) in [5.74, 6) is 0.651. The topological polar surface area (TPSA) is 51.3 Å². The second kappa shape index (κ2) is 9.52. The number of carbonyl (C=O) groups excluding carboxylic acids is 1. The van der Waals surface area contributed by atoms with Crippen molar-refractivity contribution in [1.82, 2.24) is 4.98 Å². The molecule has 0 fully saturated rings. The van der Waals surface area contributed by atoms with Gasteiger partial charge in [0.2, 0.25) is 0 Å². The molecular weight excluding hydrogens is 386 g/mol. The Morgan fingerprint density at radius 1 is 0.935 bits per heavy atom. The smallest absolute Gasteiger partial charge is 0.305 e. The lowest BCUT2D eigenvalue weighted by Crippen LogP contribution is -2.04. The largest absolute Gasteiger partial charge is 0.493 e. The van der Waals surface area contributed by atoms with Crippen molar-refractivity contribution < 1.29 is 14.3 Å². The van der Waals surface area contributed by atoms with E-state index in [1.807, 2.05) is 18.3 Å². The molecule has 0 amide bonds. The molecule has 0 aliphatic rings. The van der Waals surface area contributed by atoms with Crippen molar-refractivity contribution in [3.8, 4) is 16.9 Å². The molecule has 0 saturated heterocycles. The standard InChI is InChI=1S/C27H27NO3/c1-19-4-3-5-20(16-19)13-15-31-26-10-6-21(7-11-27(29)30-2)17-24(26)22-8-9-25-23(18-22)12-14-28-25/h3-6,8-10,12,14,16-18,28H,7,11,13,15H2,1-2H3. The number of hydrogen-bond acceptors (Lipinski definition) is 3. The molecular formula is C27H27NO3. The Kier molecular flexibility index (Phi) is 6.37. The zero-order valence-corrected chi connectivity index (χ0v) is 18.0. The summed E-state index contributed by atoms with van der Waals surface area (Å²) in [5.41, 5.74) is 6.85. The minimum atomic E-state index is -0.200. The van der Waals surface area contributed by atoms with Crippen LogP contribution in [0.15, 0.2) is 72.9 Å². The Balaban J connectivity index is 1.58. The van der Waals surface area contributed by atoms with Crippen LogP contribution in [0.3, 0.4) is 0 Å². The molecule has 0 saturated carbocycles. The quantitative estimate of drug-likeness (QED) is 0.368. The van der Waals surface area contributed by atoms with Crippen molar-refractivity contribution in [3.63, 3.8) is 0 Å². The van der Waals surface area contributed by atoms with Crippen molar-refractivity contribution in [1.29, 1.82) is 0 Å². The molecule has 3 aromatic carbocycles. The molecule has 31 heavy (non-hydrogen) atoms. The Labute approximate surface area is 182 Å². The normalized spacial score (nSPS) is 10.9. The summed E-state index contributed by atoms with van der Waals surface area (Å²) < 4.78 is 11.0. The van der Waals surface area contributed by atoms with Crippen LogP contribution in [-0.2, 0) is 22.4 Å². The molecule has 0 unspecified atom stereocenters. The van der Waals surface area contributed by atoms with E-state index < -0.39 is 0 Å². The number of H-pyrrole nitrogens is 1. The number of carbonyl (C=O) groups is 1. The molecule has 0 aliphatic heterocycles. The first-order valence-electron chi connectivity index (χ1n) is 10.6. The molecule has 4 nitrogen and oxygen atoms in total. The average Bonchev–Trinajstić information content (AvgIpc) is 3.26. The number of aromatic amines is 1. The summed E-state index contributed by atoms with van der Waals surface area (Å²) in [6, 6.07) is 23.1. The van der Waals surface area contributed by atoms with Crippen LogP contribution in [0.4, 0.5) is 0 Å². The molecule has 0 radical (unpaired) electrons. The SMILES string of the molecule is COC(=O)CCc1ccc(OCCc2cccc(C)c2)c(-c2ccc3[nH]ccc3c2)c1. The lowest BCUT2D eigenvalue weighted by atomic mass is 9.98. The highest BCUT2D eigenvalue weighted by atomic mass is 16.5. The van der Waals surface area contributed by atoms with Gasteiger partial charge >= 0.3 is 5.97 Å². The Bertz CT molecular complexity index is 1190. The van der Waals surface area contributed by atoms with E-state index in [1.54, 1.807) is 0 Å². The second-order valence-electron chi connectivity index (χ2n) is 7.77. The van der Waals surface area contributed by atoms with Crippen LogP contribution in [0.25, 0.3) is 22.0 Å². The molecule has 0 atom stereocenters. The van der Waals surface area contributed by atoms with E-state index in [2.05, 4.69) is 66.5 Å². The minimum absolute atomic E-state index is 0.200. The number of ether oxygens (including phenoxy) is 2. The summed E-state index contributed by atoms with van der Waals surface area (Å²) in [4.78, 5) is 14.8. The van der Waals surface area contributed by atoms with Gasteiger partial charge in [-0.25, -0.2) is 0 Å². The maximum atomic E-state index is 11.6. The molecule has 4 heteroatoms. The van der Waals surface area contributed by atoms with Gasteiger partial charge in [0.05, 0.1) is 13.7 Å². The van der Waals surface area contributed by atoms with E-state index in [4.69, 9.17) is 9.47 Å². The fourth-order valence-corrected chi connectivity index (χ4v) is 3.80. The second-order valence-corrected chi connectivity index (χ2v) is 7.77. The number of aryl methyl sites for hydroxylation is 2. The lowest BCUT2D eigenvalue weighted by Gasteiger charge is -2.14. The van der Waals surface area contributed by atoms with Gasteiger partial charge in [-0.05, 0) is 65.8 Å². The first-order valence-corrected chi connectivity index (χ1v) is 10.6. The number of hydrogen-bond donors (Lipinski definition) is 1. The van der Waals surface area contributed by atoms with Gasteiger partial charge in [-0.1, -0.05) is 42.0 Å².